The maximum Gasteiger partial charge on any atom is 0.337 e. The fourth-order valence-electron chi connectivity index (χ4n) is 2.62. The Balaban J connectivity index is 2.02. The Morgan fingerprint density at radius 3 is 3.00 bits per heavy atom. The van der Waals surface area contributed by atoms with Crippen LogP contribution in [0.5, 0.6) is 0 Å². The molecule has 0 saturated heterocycles. The molecule has 1 aliphatic rings. The maximum absolute atomic E-state index is 11.4. The summed E-state index contributed by atoms with van der Waals surface area (Å²) in [5.74, 6) is 0.0958. The zero-order valence-electron chi connectivity index (χ0n) is 10.7. The van der Waals surface area contributed by atoms with Gasteiger partial charge < -0.3 is 14.6 Å². The number of carboxylic acid groups (broad SMARTS) is 1. The number of nitrogens with zero attached hydrogens (tertiary/aromatic N) is 3. The van der Waals surface area contributed by atoms with Crippen molar-refractivity contribution < 1.29 is 9.90 Å². The average molecular weight is 257 g/mol. The molecule has 0 fully saturated rings. The third-order valence-corrected chi connectivity index (χ3v) is 3.53. The first-order valence-corrected chi connectivity index (χ1v) is 6.24. The van der Waals surface area contributed by atoms with Crippen molar-refractivity contribution in [3.63, 3.8) is 0 Å². The molecule has 0 bridgehead atoms. The number of rotatable bonds is 2. The minimum absolute atomic E-state index is 0.361. The topological polar surface area (TPSA) is 58.4 Å². The quantitative estimate of drug-likeness (QED) is 0.892. The van der Waals surface area contributed by atoms with Gasteiger partial charge in [0.15, 0.2) is 0 Å². The van der Waals surface area contributed by atoms with Gasteiger partial charge in [-0.05, 0) is 18.6 Å². The fourth-order valence-corrected chi connectivity index (χ4v) is 2.62. The van der Waals surface area contributed by atoms with Gasteiger partial charge in [0.25, 0.3) is 0 Å². The van der Waals surface area contributed by atoms with E-state index in [2.05, 4.69) is 14.5 Å². The standard InChI is InChI=1S/C14H15N3O2/c1-10-3-2-4-11(14(18)19)13(10)17-8-7-16-6-5-15-12(16)9-17/h2-6H,7-9H2,1H3,(H,18,19). The van der Waals surface area contributed by atoms with Crippen LogP contribution in [0, 0.1) is 6.92 Å². The van der Waals surface area contributed by atoms with E-state index in [4.69, 9.17) is 0 Å². The van der Waals surface area contributed by atoms with Crippen LogP contribution in [0.2, 0.25) is 0 Å². The molecule has 3 rings (SSSR count). The van der Waals surface area contributed by atoms with E-state index in [0.29, 0.717) is 12.1 Å². The van der Waals surface area contributed by atoms with Crippen LogP contribution >= 0.6 is 0 Å². The summed E-state index contributed by atoms with van der Waals surface area (Å²) in [6.45, 7) is 4.23. The van der Waals surface area contributed by atoms with E-state index in [1.165, 1.54) is 0 Å². The minimum Gasteiger partial charge on any atom is -0.478 e. The van der Waals surface area contributed by atoms with Crippen molar-refractivity contribution in [2.24, 2.45) is 0 Å². The molecule has 0 amide bonds. The molecule has 1 N–H and O–H groups in total. The molecule has 1 aromatic carbocycles. The Labute approximate surface area is 111 Å². The molecule has 19 heavy (non-hydrogen) atoms. The highest BCUT2D eigenvalue weighted by molar-refractivity contribution is 5.95. The number of hydrogen-bond donors (Lipinski definition) is 1. The Hall–Kier alpha value is -2.30. The maximum atomic E-state index is 11.4. The first-order chi connectivity index (χ1) is 9.16. The number of para-hydroxylation sites is 1. The van der Waals surface area contributed by atoms with Gasteiger partial charge in [-0.15, -0.1) is 0 Å². The van der Waals surface area contributed by atoms with Crippen molar-refractivity contribution in [1.82, 2.24) is 9.55 Å². The summed E-state index contributed by atoms with van der Waals surface area (Å²) in [6, 6.07) is 5.39. The van der Waals surface area contributed by atoms with Crippen LogP contribution < -0.4 is 4.90 Å². The Morgan fingerprint density at radius 2 is 2.21 bits per heavy atom. The summed E-state index contributed by atoms with van der Waals surface area (Å²) in [5, 5.41) is 9.33. The van der Waals surface area contributed by atoms with Crippen molar-refractivity contribution in [3.8, 4) is 0 Å². The number of imidazole rings is 1. The van der Waals surface area contributed by atoms with E-state index in [0.717, 1.165) is 30.2 Å². The summed E-state index contributed by atoms with van der Waals surface area (Å²) in [6.07, 6.45) is 3.75. The zero-order chi connectivity index (χ0) is 13.4. The van der Waals surface area contributed by atoms with Crippen molar-refractivity contribution in [1.29, 1.82) is 0 Å². The highest BCUT2D eigenvalue weighted by Crippen LogP contribution is 2.28. The summed E-state index contributed by atoms with van der Waals surface area (Å²) in [7, 11) is 0. The molecule has 1 aromatic heterocycles. The van der Waals surface area contributed by atoms with Crippen molar-refractivity contribution in [2.45, 2.75) is 20.0 Å². The zero-order valence-corrected chi connectivity index (χ0v) is 10.7. The third-order valence-electron chi connectivity index (χ3n) is 3.53. The van der Waals surface area contributed by atoms with Gasteiger partial charge >= 0.3 is 5.97 Å². The van der Waals surface area contributed by atoms with E-state index >= 15 is 0 Å². The van der Waals surface area contributed by atoms with Gasteiger partial charge in [0.05, 0.1) is 17.8 Å². The van der Waals surface area contributed by atoms with Crippen molar-refractivity contribution in [3.05, 3.63) is 47.5 Å². The van der Waals surface area contributed by atoms with Crippen molar-refractivity contribution in [2.75, 3.05) is 11.4 Å². The summed E-state index contributed by atoms with van der Waals surface area (Å²) in [4.78, 5) is 17.8. The number of benzene rings is 1. The molecule has 0 atom stereocenters. The molecule has 0 aliphatic carbocycles. The number of hydrogen-bond acceptors (Lipinski definition) is 3. The third kappa shape index (κ3) is 1.97. The highest BCUT2D eigenvalue weighted by atomic mass is 16.4. The van der Waals surface area contributed by atoms with E-state index < -0.39 is 5.97 Å². The lowest BCUT2D eigenvalue weighted by atomic mass is 10.1. The lowest BCUT2D eigenvalue weighted by Gasteiger charge is -2.31. The van der Waals surface area contributed by atoms with Crippen LogP contribution in [0.1, 0.15) is 21.7 Å². The molecule has 2 heterocycles. The predicted octanol–water partition coefficient (Wildman–Crippen LogP) is 1.91. The smallest absolute Gasteiger partial charge is 0.337 e. The monoisotopic (exact) mass is 257 g/mol. The van der Waals surface area contributed by atoms with Crippen LogP contribution in [-0.2, 0) is 13.1 Å². The highest BCUT2D eigenvalue weighted by Gasteiger charge is 2.22. The van der Waals surface area contributed by atoms with Gasteiger partial charge in [0, 0.05) is 25.5 Å². The lowest BCUT2D eigenvalue weighted by Crippen LogP contribution is -2.35. The van der Waals surface area contributed by atoms with E-state index in [1.807, 2.05) is 19.2 Å². The van der Waals surface area contributed by atoms with Gasteiger partial charge in [-0.25, -0.2) is 9.78 Å². The van der Waals surface area contributed by atoms with Crippen LogP contribution in [0.4, 0.5) is 5.69 Å². The number of anilines is 1. The van der Waals surface area contributed by atoms with Gasteiger partial charge in [-0.3, -0.25) is 0 Å². The second kappa shape index (κ2) is 4.42. The summed E-state index contributed by atoms with van der Waals surface area (Å²) < 4.78 is 2.11. The summed E-state index contributed by atoms with van der Waals surface area (Å²) in [5.41, 5.74) is 2.16. The van der Waals surface area contributed by atoms with Gasteiger partial charge in [0.1, 0.15) is 5.82 Å². The number of aryl methyl sites for hydroxylation is 1. The van der Waals surface area contributed by atoms with E-state index in [-0.39, 0.29) is 0 Å². The number of aromatic nitrogens is 2. The molecule has 0 spiro atoms. The Kier molecular flexibility index (Phi) is 2.74. The SMILES string of the molecule is Cc1cccc(C(=O)O)c1N1CCn2ccnc2C1. The van der Waals surface area contributed by atoms with Crippen molar-refractivity contribution >= 4 is 11.7 Å². The number of carboxylic acids is 1. The van der Waals surface area contributed by atoms with E-state index in [1.54, 1.807) is 18.3 Å². The first kappa shape index (κ1) is 11.8. The largest absolute Gasteiger partial charge is 0.478 e. The minimum atomic E-state index is -0.882. The Bertz CT molecular complexity index is 633. The molecule has 98 valence electrons. The number of aromatic carboxylic acids is 1. The van der Waals surface area contributed by atoms with Gasteiger partial charge in [-0.1, -0.05) is 12.1 Å². The second-order valence-corrected chi connectivity index (χ2v) is 4.73. The molecule has 1 aliphatic heterocycles. The molecular formula is C14H15N3O2. The van der Waals surface area contributed by atoms with Gasteiger partial charge in [-0.2, -0.15) is 0 Å². The number of carbonyl (C=O) groups is 1. The molecule has 0 unspecified atom stereocenters. The second-order valence-electron chi connectivity index (χ2n) is 4.73. The predicted molar refractivity (Wildman–Crippen MR) is 71.4 cm³/mol. The van der Waals surface area contributed by atoms with Crippen LogP contribution in [0.25, 0.3) is 0 Å². The van der Waals surface area contributed by atoms with Crippen LogP contribution in [0.3, 0.4) is 0 Å². The van der Waals surface area contributed by atoms with Crippen LogP contribution in [-0.4, -0.2) is 27.2 Å². The normalized spacial score (nSPS) is 14.3. The number of fused-ring (bicyclic) bond motifs is 1. The van der Waals surface area contributed by atoms with E-state index in [9.17, 15) is 9.90 Å². The molecular weight excluding hydrogens is 242 g/mol. The molecule has 5 heteroatoms. The lowest BCUT2D eigenvalue weighted by molar-refractivity contribution is 0.0697. The van der Waals surface area contributed by atoms with Crippen LogP contribution in [0.15, 0.2) is 30.6 Å². The fraction of sp³-hybridized carbons (Fsp3) is 0.286. The molecule has 2 aromatic rings. The van der Waals surface area contributed by atoms with Gasteiger partial charge in [0.2, 0.25) is 0 Å². The molecule has 5 nitrogen and oxygen atoms in total. The summed E-state index contributed by atoms with van der Waals surface area (Å²) >= 11 is 0. The first-order valence-electron chi connectivity index (χ1n) is 6.24. The average Bonchev–Trinajstić information content (AvgIpc) is 2.85. The molecule has 0 saturated carbocycles. The Morgan fingerprint density at radius 1 is 1.37 bits per heavy atom. The molecule has 0 radical (unpaired) electrons.